The van der Waals surface area contributed by atoms with Crippen LogP contribution in [-0.4, -0.2) is 17.5 Å². The first-order valence-electron chi connectivity index (χ1n) is 13.6. The normalized spacial score (nSPS) is 14.8. The van der Waals surface area contributed by atoms with Gasteiger partial charge in [0.25, 0.3) is 0 Å². The third-order valence-electron chi connectivity index (χ3n) is 6.22. The average Bonchev–Trinajstić information content (AvgIpc) is 3.02. The van der Waals surface area contributed by atoms with Gasteiger partial charge in [-0.3, -0.25) is 4.39 Å². The molecule has 0 N–H and O–H groups in total. The summed E-state index contributed by atoms with van der Waals surface area (Å²) in [6.07, 6.45) is -3.49. The predicted molar refractivity (Wildman–Crippen MR) is 145 cm³/mol. The molecule has 3 aromatic carbocycles. The van der Waals surface area contributed by atoms with E-state index in [2.05, 4.69) is 4.18 Å². The molecule has 2 unspecified atom stereocenters. The van der Waals surface area contributed by atoms with E-state index in [1.807, 2.05) is 27.7 Å². The number of halogens is 9. The molecule has 0 aromatic heterocycles. The van der Waals surface area contributed by atoms with Crippen molar-refractivity contribution in [3.05, 3.63) is 87.7 Å². The molecule has 13 heteroatoms. The van der Waals surface area contributed by atoms with Gasteiger partial charge in [-0.2, -0.15) is 22.0 Å². The zero-order valence-corrected chi connectivity index (χ0v) is 24.6. The Morgan fingerprint density at radius 3 is 2.00 bits per heavy atom. The van der Waals surface area contributed by atoms with Crippen molar-refractivity contribution < 1.29 is 52.6 Å². The average molecular weight is 643 g/mol. The van der Waals surface area contributed by atoms with Crippen molar-refractivity contribution in [3.63, 3.8) is 0 Å². The molecule has 0 spiro atoms. The van der Waals surface area contributed by atoms with Crippen LogP contribution in [0.5, 0.6) is 11.5 Å². The van der Waals surface area contributed by atoms with E-state index in [0.717, 1.165) is 12.1 Å². The Bertz CT molecular complexity index is 1380. The number of alkyl halides is 4. The first-order valence-corrected chi connectivity index (χ1v) is 14.7. The van der Waals surface area contributed by atoms with Gasteiger partial charge in [0, 0.05) is 17.5 Å². The summed E-state index contributed by atoms with van der Waals surface area (Å²) in [6.45, 7) is 7.50. The SMILES string of the molecule is CC.CC.O=S(Oc1c(F)c(F)c(F)c(F)c1F)c1ccc2c(c1)OCCC2c1ccc(C(F)(F)F)cc1CCCCF. The highest BCUT2D eigenvalue weighted by atomic mass is 32.2. The van der Waals surface area contributed by atoms with Gasteiger partial charge in [-0.25, -0.2) is 17.4 Å². The smallest absolute Gasteiger partial charge is 0.416 e. The van der Waals surface area contributed by atoms with Gasteiger partial charge in [0.1, 0.15) is 5.75 Å². The minimum atomic E-state index is -4.57. The zero-order valence-electron chi connectivity index (χ0n) is 23.8. The Morgan fingerprint density at radius 2 is 1.42 bits per heavy atom. The molecule has 1 aliphatic rings. The molecule has 3 nitrogen and oxygen atoms in total. The summed E-state index contributed by atoms with van der Waals surface area (Å²) >= 11 is -2.73. The van der Waals surface area contributed by atoms with Crippen LogP contribution >= 0.6 is 0 Å². The van der Waals surface area contributed by atoms with Crippen LogP contribution in [0.15, 0.2) is 41.3 Å². The Balaban J connectivity index is 0.00000155. The molecule has 0 saturated carbocycles. The predicted octanol–water partition coefficient (Wildman–Crippen LogP) is 9.76. The van der Waals surface area contributed by atoms with Gasteiger partial charge in [0.2, 0.25) is 45.9 Å². The van der Waals surface area contributed by atoms with Gasteiger partial charge in [-0.15, -0.1) is 0 Å². The molecule has 3 aromatic rings. The van der Waals surface area contributed by atoms with Gasteiger partial charge in [-0.05, 0) is 55.0 Å². The third-order valence-corrected chi connectivity index (χ3v) is 7.18. The van der Waals surface area contributed by atoms with Crippen molar-refractivity contribution in [2.75, 3.05) is 13.3 Å². The number of aryl methyl sites for hydroxylation is 1. The number of hydrogen-bond donors (Lipinski definition) is 0. The molecule has 43 heavy (non-hydrogen) atoms. The quantitative estimate of drug-likeness (QED) is 0.106. The molecule has 238 valence electrons. The lowest BCUT2D eigenvalue weighted by Gasteiger charge is -2.28. The number of ether oxygens (including phenoxy) is 1. The summed E-state index contributed by atoms with van der Waals surface area (Å²) in [5, 5.41) is 0. The second-order valence-electron chi connectivity index (χ2n) is 8.66. The summed E-state index contributed by atoms with van der Waals surface area (Å²) in [4.78, 5) is -0.228. The number of unbranched alkanes of at least 4 members (excludes halogenated alkanes) is 1. The van der Waals surface area contributed by atoms with E-state index < -0.39 is 70.2 Å². The maximum absolute atomic E-state index is 13.9. The Kier molecular flexibility index (Phi) is 13.4. The third kappa shape index (κ3) is 8.24. The van der Waals surface area contributed by atoms with Crippen LogP contribution in [0.3, 0.4) is 0 Å². The molecule has 0 radical (unpaired) electrons. The lowest BCUT2D eigenvalue weighted by molar-refractivity contribution is -0.137. The second-order valence-corrected chi connectivity index (χ2v) is 9.77. The fourth-order valence-corrected chi connectivity index (χ4v) is 5.10. The highest BCUT2D eigenvalue weighted by Crippen LogP contribution is 2.42. The molecule has 0 aliphatic carbocycles. The Hall–Kier alpha value is -3.22. The second kappa shape index (κ2) is 16.0. The molecule has 0 saturated heterocycles. The summed E-state index contributed by atoms with van der Waals surface area (Å²) in [5.74, 6) is -13.5. The van der Waals surface area contributed by atoms with Crippen LogP contribution in [0.2, 0.25) is 0 Å². The first-order chi connectivity index (χ1) is 20.4. The first kappa shape index (κ1) is 36.0. The van der Waals surface area contributed by atoms with E-state index in [1.54, 1.807) is 0 Å². The van der Waals surface area contributed by atoms with Gasteiger partial charge < -0.3 is 8.92 Å². The van der Waals surface area contributed by atoms with Gasteiger partial charge >= 0.3 is 6.18 Å². The van der Waals surface area contributed by atoms with Crippen LogP contribution in [0.4, 0.5) is 39.5 Å². The van der Waals surface area contributed by atoms with E-state index in [1.165, 1.54) is 24.3 Å². The highest BCUT2D eigenvalue weighted by molar-refractivity contribution is 7.80. The van der Waals surface area contributed by atoms with Crippen molar-refractivity contribution >= 4 is 11.1 Å². The molecular formula is C30H31F9O3S. The topological polar surface area (TPSA) is 35.5 Å². The number of benzene rings is 3. The molecule has 2 atom stereocenters. The van der Waals surface area contributed by atoms with Crippen molar-refractivity contribution in [2.45, 2.75) is 70.4 Å². The van der Waals surface area contributed by atoms with Gasteiger partial charge in [0.05, 0.1) is 23.7 Å². The van der Waals surface area contributed by atoms with E-state index in [9.17, 15) is 43.7 Å². The van der Waals surface area contributed by atoms with Crippen LogP contribution in [0.1, 0.15) is 75.1 Å². The maximum Gasteiger partial charge on any atom is 0.416 e. The summed E-state index contributed by atoms with van der Waals surface area (Å²) in [7, 11) is 0. The molecule has 1 aliphatic heterocycles. The monoisotopic (exact) mass is 642 g/mol. The number of hydrogen-bond acceptors (Lipinski definition) is 3. The Morgan fingerprint density at radius 1 is 0.837 bits per heavy atom. The molecule has 0 fully saturated rings. The van der Waals surface area contributed by atoms with E-state index >= 15 is 0 Å². The van der Waals surface area contributed by atoms with Crippen LogP contribution in [-0.2, 0) is 23.7 Å². The van der Waals surface area contributed by atoms with Crippen molar-refractivity contribution in [1.82, 2.24) is 0 Å². The zero-order chi connectivity index (χ0) is 32.5. The lowest BCUT2D eigenvalue weighted by atomic mass is 9.82. The van der Waals surface area contributed by atoms with Crippen LogP contribution in [0.25, 0.3) is 0 Å². The minimum Gasteiger partial charge on any atom is -0.493 e. The molecule has 4 rings (SSSR count). The summed E-state index contributed by atoms with van der Waals surface area (Å²) in [6, 6.07) is 7.17. The van der Waals surface area contributed by atoms with Crippen LogP contribution in [0, 0.1) is 29.1 Å². The largest absolute Gasteiger partial charge is 0.493 e. The van der Waals surface area contributed by atoms with Crippen molar-refractivity contribution in [2.24, 2.45) is 0 Å². The number of rotatable bonds is 8. The summed E-state index contributed by atoms with van der Waals surface area (Å²) in [5.41, 5.74) is 0.617. The fourth-order valence-electron chi connectivity index (χ4n) is 4.33. The van der Waals surface area contributed by atoms with Gasteiger partial charge in [0.15, 0.2) is 0 Å². The summed E-state index contributed by atoms with van der Waals surface area (Å²) < 4.78 is 144. The fraction of sp³-hybridized carbons (Fsp3) is 0.400. The Labute approximate surface area is 246 Å². The lowest BCUT2D eigenvalue weighted by Crippen LogP contribution is -2.18. The van der Waals surface area contributed by atoms with E-state index in [0.29, 0.717) is 29.5 Å². The molecule has 0 bridgehead atoms. The standard InChI is InChI=1S/C26H19F9O3S.2C2H6/c27-9-2-1-3-13-11-14(26(33,34)35)4-6-16(13)17-8-10-37-19-12-15(5-7-18(17)19)39(36)38-25-23(31)21(29)20(28)22(30)24(25)32;2*1-2/h4-7,11-12,17H,1-3,8-10H2;2*1-2H3. The molecule has 0 amide bonds. The van der Waals surface area contributed by atoms with Crippen LogP contribution < -0.4 is 8.92 Å². The van der Waals surface area contributed by atoms with E-state index in [-0.39, 0.29) is 30.1 Å². The maximum atomic E-state index is 13.9. The molecular weight excluding hydrogens is 611 g/mol. The minimum absolute atomic E-state index is 0.108. The highest BCUT2D eigenvalue weighted by Gasteiger charge is 2.33. The number of fused-ring (bicyclic) bond motifs is 1. The molecule has 1 heterocycles. The van der Waals surface area contributed by atoms with Gasteiger partial charge in [-0.1, -0.05) is 39.8 Å². The van der Waals surface area contributed by atoms with Crippen molar-refractivity contribution in [3.8, 4) is 11.5 Å². The van der Waals surface area contributed by atoms with Crippen molar-refractivity contribution in [1.29, 1.82) is 0 Å². The van der Waals surface area contributed by atoms with E-state index in [4.69, 9.17) is 4.74 Å².